The van der Waals surface area contributed by atoms with E-state index < -0.39 is 37.1 Å². The monoisotopic (exact) mass is 413 g/mol. The van der Waals surface area contributed by atoms with Crippen LogP contribution in [0.1, 0.15) is 26.0 Å². The van der Waals surface area contributed by atoms with Crippen LogP contribution in [-0.2, 0) is 14.3 Å². The summed E-state index contributed by atoms with van der Waals surface area (Å²) in [5.41, 5.74) is 6.62. The van der Waals surface area contributed by atoms with Gasteiger partial charge in [-0.2, -0.15) is 0 Å². The van der Waals surface area contributed by atoms with Gasteiger partial charge in [0, 0.05) is 18.8 Å². The summed E-state index contributed by atoms with van der Waals surface area (Å²) in [6, 6.07) is 0. The van der Waals surface area contributed by atoms with Gasteiger partial charge in [0.05, 0.1) is 6.61 Å². The summed E-state index contributed by atoms with van der Waals surface area (Å²) in [5.74, 6) is 0.224. The molecule has 0 unspecified atom stereocenters. The Kier molecular flexibility index (Phi) is 6.67. The van der Waals surface area contributed by atoms with Crippen molar-refractivity contribution < 1.29 is 29.6 Å². The van der Waals surface area contributed by atoms with Gasteiger partial charge in [0.2, 0.25) is 0 Å². The number of aromatic nitrogens is 4. The van der Waals surface area contributed by atoms with Crippen molar-refractivity contribution in [3.63, 3.8) is 0 Å². The standard InChI is InChI=1S/C16H23N5O6S/c1-2-9(24)27-12-11(25)8(6-23)26-15(12)21-14-10(13(17)18-7-19-14)20-16(21)28-5-3-4-22/h7-8,11-12,15,22-23,25H,2-6H2,1H3,(H2,17,18,19)/t8-,11-,12-,15-/m1/s1. The van der Waals surface area contributed by atoms with E-state index in [0.29, 0.717) is 28.5 Å². The zero-order chi connectivity index (χ0) is 20.3. The molecule has 3 heterocycles. The van der Waals surface area contributed by atoms with E-state index in [2.05, 4.69) is 15.0 Å². The number of fused-ring (bicyclic) bond motifs is 1. The van der Waals surface area contributed by atoms with Crippen LogP contribution in [0.2, 0.25) is 0 Å². The SMILES string of the molecule is CCC(=O)O[C@@H]1[C@H](O)[C@@H](CO)O[C@H]1n1c(SCCCO)nc2c(N)ncnc21. The van der Waals surface area contributed by atoms with Crippen molar-refractivity contribution in [2.45, 2.75) is 49.5 Å². The highest BCUT2D eigenvalue weighted by Crippen LogP contribution is 2.38. The number of aliphatic hydroxyl groups excluding tert-OH is 3. The molecule has 2 aromatic heterocycles. The number of aliphatic hydroxyl groups is 3. The maximum atomic E-state index is 11.9. The van der Waals surface area contributed by atoms with Crippen LogP contribution in [0.4, 0.5) is 5.82 Å². The van der Waals surface area contributed by atoms with Crippen molar-refractivity contribution >= 4 is 34.7 Å². The van der Waals surface area contributed by atoms with Crippen LogP contribution in [0.15, 0.2) is 11.5 Å². The van der Waals surface area contributed by atoms with Gasteiger partial charge in [0.1, 0.15) is 18.5 Å². The molecule has 5 N–H and O–H groups in total. The second-order valence-corrected chi connectivity index (χ2v) is 7.23. The van der Waals surface area contributed by atoms with Crippen molar-refractivity contribution in [2.24, 2.45) is 0 Å². The number of anilines is 1. The molecule has 1 aliphatic rings. The summed E-state index contributed by atoms with van der Waals surface area (Å²) < 4.78 is 12.8. The van der Waals surface area contributed by atoms with Gasteiger partial charge in [0.15, 0.2) is 34.5 Å². The van der Waals surface area contributed by atoms with Crippen molar-refractivity contribution in [1.29, 1.82) is 0 Å². The smallest absolute Gasteiger partial charge is 0.306 e. The second-order valence-electron chi connectivity index (χ2n) is 6.17. The van der Waals surface area contributed by atoms with Crippen molar-refractivity contribution in [3.05, 3.63) is 6.33 Å². The maximum absolute atomic E-state index is 11.9. The number of nitrogens with zero attached hydrogens (tertiary/aromatic N) is 4. The van der Waals surface area contributed by atoms with Gasteiger partial charge < -0.3 is 30.5 Å². The number of ether oxygens (including phenoxy) is 2. The lowest BCUT2D eigenvalue weighted by molar-refractivity contribution is -0.158. The molecule has 0 amide bonds. The van der Waals surface area contributed by atoms with Crippen molar-refractivity contribution in [2.75, 3.05) is 24.7 Å². The lowest BCUT2D eigenvalue weighted by atomic mass is 10.1. The zero-order valence-electron chi connectivity index (χ0n) is 15.3. The maximum Gasteiger partial charge on any atom is 0.306 e. The third-order valence-corrected chi connectivity index (χ3v) is 5.35. The third kappa shape index (κ3) is 3.91. The van der Waals surface area contributed by atoms with Gasteiger partial charge >= 0.3 is 5.97 Å². The van der Waals surface area contributed by atoms with Gasteiger partial charge in [-0.25, -0.2) is 15.0 Å². The van der Waals surface area contributed by atoms with Crippen LogP contribution in [0.25, 0.3) is 11.2 Å². The summed E-state index contributed by atoms with van der Waals surface area (Å²) in [4.78, 5) is 24.5. The summed E-state index contributed by atoms with van der Waals surface area (Å²) in [6.07, 6.45) is -2.24. The van der Waals surface area contributed by atoms with Gasteiger partial charge in [-0.1, -0.05) is 18.7 Å². The minimum atomic E-state index is -1.22. The molecule has 0 aromatic carbocycles. The number of imidazole rings is 1. The number of carbonyl (C=O) groups excluding carboxylic acids is 1. The fraction of sp³-hybridized carbons (Fsp3) is 0.625. The average molecular weight is 413 g/mol. The van der Waals surface area contributed by atoms with Gasteiger partial charge in [-0.15, -0.1) is 0 Å². The number of esters is 1. The highest BCUT2D eigenvalue weighted by atomic mass is 32.2. The van der Waals surface area contributed by atoms with Crippen LogP contribution in [-0.4, -0.2) is 78.1 Å². The van der Waals surface area contributed by atoms with E-state index in [1.54, 1.807) is 11.5 Å². The summed E-state index contributed by atoms with van der Waals surface area (Å²) in [5, 5.41) is 29.5. The summed E-state index contributed by atoms with van der Waals surface area (Å²) >= 11 is 1.33. The van der Waals surface area contributed by atoms with E-state index in [9.17, 15) is 15.0 Å². The Bertz CT molecular complexity index is 833. The Morgan fingerprint density at radius 1 is 1.43 bits per heavy atom. The Morgan fingerprint density at radius 2 is 2.21 bits per heavy atom. The van der Waals surface area contributed by atoms with E-state index in [1.165, 1.54) is 18.1 Å². The lowest BCUT2D eigenvalue weighted by Gasteiger charge is -2.23. The first kappa shape index (κ1) is 20.7. The Balaban J connectivity index is 2.06. The number of nitrogen functional groups attached to an aromatic ring is 1. The van der Waals surface area contributed by atoms with E-state index in [1.807, 2.05) is 0 Å². The molecule has 0 radical (unpaired) electrons. The molecule has 1 fully saturated rings. The predicted molar refractivity (Wildman–Crippen MR) is 99.3 cm³/mol. The number of rotatable bonds is 8. The summed E-state index contributed by atoms with van der Waals surface area (Å²) in [6.45, 7) is 1.21. The predicted octanol–water partition coefficient (Wildman–Crippen LogP) is -0.545. The number of carbonyl (C=O) groups is 1. The highest BCUT2D eigenvalue weighted by Gasteiger charge is 2.48. The quantitative estimate of drug-likeness (QED) is 0.249. The lowest BCUT2D eigenvalue weighted by Crippen LogP contribution is -2.37. The molecule has 4 atom stereocenters. The molecule has 1 saturated heterocycles. The van der Waals surface area contributed by atoms with Crippen LogP contribution < -0.4 is 5.73 Å². The van der Waals surface area contributed by atoms with Crippen LogP contribution in [0.5, 0.6) is 0 Å². The molecular weight excluding hydrogens is 390 g/mol. The van der Waals surface area contributed by atoms with Gasteiger partial charge in [-0.05, 0) is 6.42 Å². The molecule has 0 aliphatic carbocycles. The molecule has 0 spiro atoms. The molecule has 3 rings (SSSR count). The van der Waals surface area contributed by atoms with E-state index in [0.717, 1.165) is 0 Å². The van der Waals surface area contributed by atoms with Crippen molar-refractivity contribution in [1.82, 2.24) is 19.5 Å². The van der Waals surface area contributed by atoms with Gasteiger partial charge in [0.25, 0.3) is 0 Å². The molecule has 28 heavy (non-hydrogen) atoms. The van der Waals surface area contributed by atoms with Gasteiger partial charge in [-0.3, -0.25) is 9.36 Å². The normalized spacial score (nSPS) is 24.7. The van der Waals surface area contributed by atoms with Crippen LogP contribution in [0, 0.1) is 0 Å². The Hall–Kier alpha value is -1.99. The van der Waals surface area contributed by atoms with E-state index in [-0.39, 0.29) is 18.8 Å². The molecule has 1 aliphatic heterocycles. The minimum Gasteiger partial charge on any atom is -0.455 e. The third-order valence-electron chi connectivity index (χ3n) is 4.31. The largest absolute Gasteiger partial charge is 0.455 e. The van der Waals surface area contributed by atoms with Crippen molar-refractivity contribution in [3.8, 4) is 0 Å². The molecular formula is C16H23N5O6S. The molecule has 0 saturated carbocycles. The fourth-order valence-electron chi connectivity index (χ4n) is 2.90. The molecule has 154 valence electrons. The summed E-state index contributed by atoms with van der Waals surface area (Å²) in [7, 11) is 0. The number of hydrogen-bond donors (Lipinski definition) is 4. The molecule has 12 heteroatoms. The average Bonchev–Trinajstić information content (AvgIpc) is 3.20. The first-order valence-electron chi connectivity index (χ1n) is 8.87. The minimum absolute atomic E-state index is 0.0249. The second kappa shape index (κ2) is 9.01. The first-order chi connectivity index (χ1) is 13.5. The van der Waals surface area contributed by atoms with E-state index in [4.69, 9.17) is 20.3 Å². The zero-order valence-corrected chi connectivity index (χ0v) is 16.1. The van der Waals surface area contributed by atoms with Crippen LogP contribution in [0.3, 0.4) is 0 Å². The fourth-order valence-corrected chi connectivity index (χ4v) is 3.85. The Labute approximate surface area is 164 Å². The topological polar surface area (TPSA) is 166 Å². The van der Waals surface area contributed by atoms with E-state index >= 15 is 0 Å². The number of hydrogen-bond acceptors (Lipinski definition) is 11. The number of nitrogens with two attached hydrogens (primary N) is 1. The molecule has 0 bridgehead atoms. The Morgan fingerprint density at radius 3 is 2.89 bits per heavy atom. The highest BCUT2D eigenvalue weighted by molar-refractivity contribution is 7.99. The number of thioether (sulfide) groups is 1. The first-order valence-corrected chi connectivity index (χ1v) is 9.86. The molecule has 11 nitrogen and oxygen atoms in total. The molecule has 2 aromatic rings. The van der Waals surface area contributed by atoms with Crippen LogP contribution >= 0.6 is 11.8 Å².